The number of carbonyl (C=O) groups excluding carboxylic acids is 1. The topological polar surface area (TPSA) is 40.9 Å². The molecule has 0 unspecified atom stereocenters. The summed E-state index contributed by atoms with van der Waals surface area (Å²) in [6.45, 7) is 3.03. The number of nitrogens with zero attached hydrogens (tertiary/aromatic N) is 4. The average molecular weight is 361 g/mol. The lowest BCUT2D eigenvalue weighted by molar-refractivity contribution is -0.130. The van der Waals surface area contributed by atoms with Gasteiger partial charge in [0.25, 0.3) is 0 Å². The van der Waals surface area contributed by atoms with Crippen LogP contribution in [-0.4, -0.2) is 46.4 Å². The highest BCUT2D eigenvalue weighted by Gasteiger charge is 2.23. The summed E-state index contributed by atoms with van der Waals surface area (Å²) in [5, 5.41) is 2.75. The van der Waals surface area contributed by atoms with Gasteiger partial charge < -0.3 is 9.80 Å². The fraction of sp³-hybridized carbons (Fsp3) is 0.294. The molecule has 0 saturated carbocycles. The molecule has 1 amide bonds. The number of benzene rings is 1. The summed E-state index contributed by atoms with van der Waals surface area (Å²) in [5.74, 6) is 0.138. The van der Waals surface area contributed by atoms with Gasteiger partial charge in [-0.15, -0.1) is 11.3 Å². The van der Waals surface area contributed by atoms with Gasteiger partial charge >= 0.3 is 0 Å². The third-order valence-electron chi connectivity index (χ3n) is 4.30. The van der Waals surface area contributed by atoms with Crippen LogP contribution in [0, 0.1) is 0 Å². The van der Waals surface area contributed by atoms with Crippen molar-refractivity contribution in [1.29, 1.82) is 0 Å². The number of rotatable bonds is 3. The highest BCUT2D eigenvalue weighted by Crippen LogP contribution is 2.26. The normalized spacial score (nSPS) is 15.2. The molecule has 4 rings (SSSR count). The minimum atomic E-state index is 0.138. The van der Waals surface area contributed by atoms with E-state index in [1.165, 1.54) is 0 Å². The van der Waals surface area contributed by atoms with Crippen molar-refractivity contribution >= 4 is 39.5 Å². The van der Waals surface area contributed by atoms with E-state index in [-0.39, 0.29) is 5.91 Å². The lowest BCUT2D eigenvalue weighted by atomic mass is 10.2. The molecule has 5 nitrogen and oxygen atoms in total. The molecule has 0 atom stereocenters. The van der Waals surface area contributed by atoms with Gasteiger partial charge in [-0.05, 0) is 12.1 Å². The molecule has 1 aliphatic heterocycles. The van der Waals surface area contributed by atoms with Gasteiger partial charge in [0.2, 0.25) is 5.91 Å². The molecule has 0 N–H and O–H groups in total. The molecule has 7 heteroatoms. The van der Waals surface area contributed by atoms with Gasteiger partial charge in [-0.3, -0.25) is 9.20 Å². The molecule has 3 aromatic rings. The van der Waals surface area contributed by atoms with E-state index in [0.29, 0.717) is 19.5 Å². The number of hydrogen-bond acceptors (Lipinski definition) is 4. The van der Waals surface area contributed by atoms with Crippen molar-refractivity contribution in [2.75, 3.05) is 31.1 Å². The van der Waals surface area contributed by atoms with Gasteiger partial charge in [0, 0.05) is 44.0 Å². The number of para-hydroxylation sites is 1. The Morgan fingerprint density at radius 3 is 2.75 bits per heavy atom. The van der Waals surface area contributed by atoms with Crippen LogP contribution in [0.3, 0.4) is 0 Å². The van der Waals surface area contributed by atoms with Gasteiger partial charge in [-0.25, -0.2) is 4.98 Å². The number of aromatic nitrogens is 2. The third kappa shape index (κ3) is 2.99. The van der Waals surface area contributed by atoms with Crippen LogP contribution < -0.4 is 4.90 Å². The quantitative estimate of drug-likeness (QED) is 0.721. The Morgan fingerprint density at radius 1 is 1.21 bits per heavy atom. The zero-order valence-corrected chi connectivity index (χ0v) is 14.6. The van der Waals surface area contributed by atoms with Crippen LogP contribution in [0.25, 0.3) is 4.96 Å². The van der Waals surface area contributed by atoms with E-state index in [0.717, 1.165) is 34.5 Å². The largest absolute Gasteiger partial charge is 0.367 e. The molecule has 1 fully saturated rings. The molecule has 0 radical (unpaired) electrons. The Hall–Kier alpha value is -2.05. The summed E-state index contributed by atoms with van der Waals surface area (Å²) >= 11 is 7.84. The van der Waals surface area contributed by atoms with Crippen molar-refractivity contribution in [2.24, 2.45) is 0 Å². The first kappa shape index (κ1) is 15.5. The summed E-state index contributed by atoms with van der Waals surface area (Å²) < 4.78 is 1.96. The van der Waals surface area contributed by atoms with E-state index in [2.05, 4.69) is 9.88 Å². The fourth-order valence-electron chi connectivity index (χ4n) is 3.03. The summed E-state index contributed by atoms with van der Waals surface area (Å²) in [6.07, 6.45) is 4.26. The van der Waals surface area contributed by atoms with E-state index in [1.54, 1.807) is 11.3 Å². The fourth-order valence-corrected chi connectivity index (χ4v) is 4.01. The molecule has 1 aromatic carbocycles. The van der Waals surface area contributed by atoms with Crippen LogP contribution >= 0.6 is 22.9 Å². The molecule has 0 aliphatic carbocycles. The van der Waals surface area contributed by atoms with Gasteiger partial charge in [0.15, 0.2) is 4.96 Å². The first-order valence-electron chi connectivity index (χ1n) is 7.89. The van der Waals surface area contributed by atoms with E-state index in [4.69, 9.17) is 11.6 Å². The summed E-state index contributed by atoms with van der Waals surface area (Å²) in [6, 6.07) is 7.85. The minimum absolute atomic E-state index is 0.138. The Kier molecular flexibility index (Phi) is 4.16. The second-order valence-corrected chi connectivity index (χ2v) is 7.10. The van der Waals surface area contributed by atoms with Crippen LogP contribution in [0.5, 0.6) is 0 Å². The molecular weight excluding hydrogens is 344 g/mol. The highest BCUT2D eigenvalue weighted by molar-refractivity contribution is 7.15. The number of hydrogen-bond donors (Lipinski definition) is 0. The van der Waals surface area contributed by atoms with Crippen molar-refractivity contribution < 1.29 is 4.79 Å². The van der Waals surface area contributed by atoms with E-state index >= 15 is 0 Å². The number of fused-ring (bicyclic) bond motifs is 1. The van der Waals surface area contributed by atoms with E-state index < -0.39 is 0 Å². The average Bonchev–Trinajstić information content (AvgIpc) is 3.17. The Bertz CT molecular complexity index is 838. The molecule has 0 bridgehead atoms. The molecule has 1 saturated heterocycles. The number of anilines is 1. The molecule has 2 aromatic heterocycles. The summed E-state index contributed by atoms with van der Waals surface area (Å²) in [7, 11) is 0. The minimum Gasteiger partial charge on any atom is -0.367 e. The van der Waals surface area contributed by atoms with Crippen molar-refractivity contribution in [3.05, 3.63) is 52.8 Å². The van der Waals surface area contributed by atoms with Crippen molar-refractivity contribution in [3.8, 4) is 0 Å². The van der Waals surface area contributed by atoms with Crippen molar-refractivity contribution in [1.82, 2.24) is 14.3 Å². The third-order valence-corrected chi connectivity index (χ3v) is 5.39. The van der Waals surface area contributed by atoms with Gasteiger partial charge in [-0.2, -0.15) is 0 Å². The Labute approximate surface area is 149 Å². The first-order chi connectivity index (χ1) is 11.7. The Morgan fingerprint density at radius 2 is 2.00 bits per heavy atom. The van der Waals surface area contributed by atoms with Crippen LogP contribution in [0.2, 0.25) is 5.02 Å². The van der Waals surface area contributed by atoms with Crippen LogP contribution in [0.4, 0.5) is 5.69 Å². The number of imidazole rings is 1. The maximum atomic E-state index is 12.5. The molecule has 24 heavy (non-hydrogen) atoms. The number of carbonyl (C=O) groups is 1. The smallest absolute Gasteiger partial charge is 0.228 e. The molecular formula is C17H17ClN4OS. The zero-order chi connectivity index (χ0) is 16.5. The second-order valence-electron chi connectivity index (χ2n) is 5.82. The van der Waals surface area contributed by atoms with Crippen molar-refractivity contribution in [3.63, 3.8) is 0 Å². The SMILES string of the molecule is O=C(Cc1cn2ccsc2n1)N1CCN(c2ccccc2Cl)CC1. The molecule has 124 valence electrons. The lowest BCUT2D eigenvalue weighted by Crippen LogP contribution is -2.49. The maximum absolute atomic E-state index is 12.5. The van der Waals surface area contributed by atoms with Crippen LogP contribution in [0.15, 0.2) is 42.0 Å². The number of amides is 1. The first-order valence-corrected chi connectivity index (χ1v) is 9.15. The highest BCUT2D eigenvalue weighted by atomic mass is 35.5. The second kappa shape index (κ2) is 6.45. The standard InChI is InChI=1S/C17H17ClN4OS/c18-14-3-1-2-4-15(14)20-5-7-21(8-6-20)16(23)11-13-12-22-9-10-24-17(22)19-13/h1-4,9-10,12H,5-8,11H2. The van der Waals surface area contributed by atoms with Crippen LogP contribution in [-0.2, 0) is 11.2 Å². The molecule has 3 heterocycles. The van der Waals surface area contributed by atoms with Gasteiger partial charge in [-0.1, -0.05) is 23.7 Å². The number of thiazole rings is 1. The summed E-state index contributed by atoms with van der Waals surface area (Å²) in [4.78, 5) is 22.1. The van der Waals surface area contributed by atoms with Crippen LogP contribution in [0.1, 0.15) is 5.69 Å². The monoisotopic (exact) mass is 360 g/mol. The van der Waals surface area contributed by atoms with Gasteiger partial charge in [0.05, 0.1) is 22.8 Å². The predicted molar refractivity (Wildman–Crippen MR) is 97.0 cm³/mol. The van der Waals surface area contributed by atoms with E-state index in [9.17, 15) is 4.79 Å². The summed E-state index contributed by atoms with van der Waals surface area (Å²) in [5.41, 5.74) is 1.88. The zero-order valence-electron chi connectivity index (χ0n) is 13.1. The molecule has 0 spiro atoms. The molecule has 1 aliphatic rings. The number of piperazine rings is 1. The van der Waals surface area contributed by atoms with Gasteiger partial charge in [0.1, 0.15) is 0 Å². The number of halogens is 1. The Balaban J connectivity index is 1.37. The maximum Gasteiger partial charge on any atom is 0.228 e. The van der Waals surface area contributed by atoms with E-state index in [1.807, 2.05) is 51.3 Å². The lowest BCUT2D eigenvalue weighted by Gasteiger charge is -2.36. The predicted octanol–water partition coefficient (Wildman–Crippen LogP) is 2.94. The van der Waals surface area contributed by atoms with Crippen molar-refractivity contribution in [2.45, 2.75) is 6.42 Å².